The molecule has 1 heterocycles. The monoisotopic (exact) mass is 276 g/mol. The van der Waals surface area contributed by atoms with Crippen molar-refractivity contribution in [2.75, 3.05) is 0 Å². The molecule has 4 heteroatoms. The molecule has 2 N–H and O–H groups in total. The molecule has 1 atom stereocenters. The highest BCUT2D eigenvalue weighted by atomic mass is 32.1. The van der Waals surface area contributed by atoms with Gasteiger partial charge in [-0.2, -0.15) is 0 Å². The van der Waals surface area contributed by atoms with E-state index < -0.39 is 0 Å². The zero-order chi connectivity index (χ0) is 13.7. The molecule has 0 radical (unpaired) electrons. The van der Waals surface area contributed by atoms with E-state index in [-0.39, 0.29) is 6.04 Å². The Labute approximate surface area is 118 Å². The molecule has 1 aromatic carbocycles. The Kier molecular flexibility index (Phi) is 4.93. The number of thiazole rings is 1. The average Bonchev–Trinajstić information content (AvgIpc) is 2.83. The third kappa shape index (κ3) is 4.33. The molecule has 1 unspecified atom stereocenters. The highest BCUT2D eigenvalue weighted by Crippen LogP contribution is 2.17. The predicted molar refractivity (Wildman–Crippen MR) is 79.6 cm³/mol. The van der Waals surface area contributed by atoms with Crippen molar-refractivity contribution >= 4 is 11.3 Å². The molecule has 0 saturated heterocycles. The maximum atomic E-state index is 5.94. The van der Waals surface area contributed by atoms with Crippen LogP contribution in [0.1, 0.15) is 29.6 Å². The van der Waals surface area contributed by atoms with Gasteiger partial charge in [0.1, 0.15) is 17.4 Å². The van der Waals surface area contributed by atoms with Crippen molar-refractivity contribution < 1.29 is 4.74 Å². The van der Waals surface area contributed by atoms with Crippen molar-refractivity contribution in [3.63, 3.8) is 0 Å². The largest absolute Gasteiger partial charge is 0.486 e. The third-order valence-corrected chi connectivity index (χ3v) is 3.91. The second-order valence-corrected chi connectivity index (χ2v) is 5.63. The smallest absolute Gasteiger partial charge is 0.140 e. The van der Waals surface area contributed by atoms with E-state index in [1.807, 2.05) is 24.4 Å². The minimum absolute atomic E-state index is 0.241. The number of aryl methyl sites for hydroxylation is 1. The first-order chi connectivity index (χ1) is 9.17. The van der Waals surface area contributed by atoms with E-state index in [0.717, 1.165) is 29.3 Å². The number of nitrogens with zero attached hydrogens (tertiary/aromatic N) is 1. The molecular formula is C15H20N2OS. The van der Waals surface area contributed by atoms with Gasteiger partial charge in [0, 0.05) is 17.1 Å². The van der Waals surface area contributed by atoms with Crippen LogP contribution in [0.4, 0.5) is 0 Å². The Morgan fingerprint density at radius 3 is 2.63 bits per heavy atom. The molecule has 1 aromatic heterocycles. The molecule has 0 fully saturated rings. The van der Waals surface area contributed by atoms with Gasteiger partial charge in [0.25, 0.3) is 0 Å². The van der Waals surface area contributed by atoms with Crippen LogP contribution < -0.4 is 10.5 Å². The summed E-state index contributed by atoms with van der Waals surface area (Å²) in [5.74, 6) is 0.877. The molecule has 0 bridgehead atoms. The van der Waals surface area contributed by atoms with Gasteiger partial charge in [0.2, 0.25) is 0 Å². The van der Waals surface area contributed by atoms with Crippen LogP contribution in [0.25, 0.3) is 0 Å². The van der Waals surface area contributed by atoms with E-state index in [0.29, 0.717) is 6.61 Å². The first-order valence-corrected chi connectivity index (χ1v) is 7.43. The molecule has 0 amide bonds. The first kappa shape index (κ1) is 14.0. The summed E-state index contributed by atoms with van der Waals surface area (Å²) in [4.78, 5) is 4.37. The second-order valence-electron chi connectivity index (χ2n) is 4.69. The Morgan fingerprint density at radius 2 is 2.05 bits per heavy atom. The fourth-order valence-corrected chi connectivity index (χ4v) is 2.47. The van der Waals surface area contributed by atoms with Crippen LogP contribution in [0, 0.1) is 6.92 Å². The number of ether oxygens (including phenoxy) is 1. The van der Waals surface area contributed by atoms with Crippen molar-refractivity contribution in [3.05, 3.63) is 45.9 Å². The van der Waals surface area contributed by atoms with Crippen molar-refractivity contribution in [1.82, 2.24) is 4.98 Å². The minimum Gasteiger partial charge on any atom is -0.486 e. The summed E-state index contributed by atoms with van der Waals surface area (Å²) in [6.45, 7) is 4.64. The van der Waals surface area contributed by atoms with Gasteiger partial charge in [0.05, 0.1) is 0 Å². The molecule has 2 aromatic rings. The molecule has 0 aliphatic heterocycles. The Bertz CT molecular complexity index is 507. The lowest BCUT2D eigenvalue weighted by Gasteiger charge is -2.09. The molecule has 19 heavy (non-hydrogen) atoms. The number of hydrogen-bond acceptors (Lipinski definition) is 4. The topological polar surface area (TPSA) is 48.1 Å². The number of aromatic nitrogens is 1. The van der Waals surface area contributed by atoms with Gasteiger partial charge < -0.3 is 10.5 Å². The average molecular weight is 276 g/mol. The SMILES string of the molecule is CCC(N)Cc1ccc(OCc2nc(C)cs2)cc1. The lowest BCUT2D eigenvalue weighted by atomic mass is 10.0. The molecule has 3 nitrogen and oxygen atoms in total. The number of hydrogen-bond donors (Lipinski definition) is 1. The van der Waals surface area contributed by atoms with Crippen LogP contribution >= 0.6 is 11.3 Å². The van der Waals surface area contributed by atoms with E-state index in [1.165, 1.54) is 5.56 Å². The van der Waals surface area contributed by atoms with Crippen LogP contribution in [0.2, 0.25) is 0 Å². The Morgan fingerprint density at radius 1 is 1.32 bits per heavy atom. The van der Waals surface area contributed by atoms with Crippen LogP contribution in [-0.2, 0) is 13.0 Å². The highest BCUT2D eigenvalue weighted by Gasteiger charge is 2.03. The predicted octanol–water partition coefficient (Wildman–Crippen LogP) is 3.31. The maximum absolute atomic E-state index is 5.94. The van der Waals surface area contributed by atoms with Crippen molar-refractivity contribution in [2.45, 2.75) is 39.3 Å². The number of rotatable bonds is 6. The van der Waals surface area contributed by atoms with Crippen LogP contribution in [0.5, 0.6) is 5.75 Å². The van der Waals surface area contributed by atoms with Crippen molar-refractivity contribution in [2.24, 2.45) is 5.73 Å². The quantitative estimate of drug-likeness (QED) is 0.880. The molecule has 0 aliphatic carbocycles. The lowest BCUT2D eigenvalue weighted by molar-refractivity contribution is 0.305. The van der Waals surface area contributed by atoms with Crippen LogP contribution in [0.15, 0.2) is 29.6 Å². The minimum atomic E-state index is 0.241. The zero-order valence-electron chi connectivity index (χ0n) is 11.4. The Hall–Kier alpha value is -1.39. The summed E-state index contributed by atoms with van der Waals surface area (Å²) in [5.41, 5.74) is 8.25. The van der Waals surface area contributed by atoms with Gasteiger partial charge in [-0.25, -0.2) is 4.98 Å². The first-order valence-electron chi connectivity index (χ1n) is 6.55. The van der Waals surface area contributed by atoms with Gasteiger partial charge in [-0.05, 0) is 37.5 Å². The summed E-state index contributed by atoms with van der Waals surface area (Å²) in [6, 6.07) is 8.40. The van der Waals surface area contributed by atoms with Gasteiger partial charge in [-0.1, -0.05) is 19.1 Å². The maximum Gasteiger partial charge on any atom is 0.140 e. The standard InChI is InChI=1S/C15H20N2OS/c1-3-13(16)8-12-4-6-14(7-5-12)18-9-15-17-11(2)10-19-15/h4-7,10,13H,3,8-9,16H2,1-2H3. The van der Waals surface area contributed by atoms with Crippen LogP contribution in [-0.4, -0.2) is 11.0 Å². The van der Waals surface area contributed by atoms with Crippen molar-refractivity contribution in [3.8, 4) is 5.75 Å². The molecule has 2 rings (SSSR count). The summed E-state index contributed by atoms with van der Waals surface area (Å²) in [5, 5.41) is 3.04. The normalized spacial score (nSPS) is 12.4. The van der Waals surface area contributed by atoms with E-state index >= 15 is 0 Å². The zero-order valence-corrected chi connectivity index (χ0v) is 12.2. The summed E-state index contributed by atoms with van der Waals surface area (Å²) in [7, 11) is 0. The van der Waals surface area contributed by atoms with Gasteiger partial charge in [-0.15, -0.1) is 11.3 Å². The summed E-state index contributed by atoms with van der Waals surface area (Å²) < 4.78 is 5.71. The fraction of sp³-hybridized carbons (Fsp3) is 0.400. The van der Waals surface area contributed by atoms with Gasteiger partial charge >= 0.3 is 0 Å². The molecule has 0 spiro atoms. The van der Waals surface area contributed by atoms with E-state index in [2.05, 4.69) is 24.0 Å². The molecular weight excluding hydrogens is 256 g/mol. The highest BCUT2D eigenvalue weighted by molar-refractivity contribution is 7.09. The lowest BCUT2D eigenvalue weighted by Crippen LogP contribution is -2.21. The summed E-state index contributed by atoms with van der Waals surface area (Å²) >= 11 is 1.63. The third-order valence-electron chi connectivity index (χ3n) is 2.97. The van der Waals surface area contributed by atoms with Gasteiger partial charge in [-0.3, -0.25) is 0 Å². The van der Waals surface area contributed by atoms with E-state index in [9.17, 15) is 0 Å². The molecule has 0 aliphatic rings. The van der Waals surface area contributed by atoms with E-state index in [4.69, 9.17) is 10.5 Å². The van der Waals surface area contributed by atoms with Gasteiger partial charge in [0.15, 0.2) is 0 Å². The Balaban J connectivity index is 1.88. The van der Waals surface area contributed by atoms with E-state index in [1.54, 1.807) is 11.3 Å². The number of benzene rings is 1. The molecule has 102 valence electrons. The van der Waals surface area contributed by atoms with Crippen LogP contribution in [0.3, 0.4) is 0 Å². The summed E-state index contributed by atoms with van der Waals surface area (Å²) in [6.07, 6.45) is 1.92. The second kappa shape index (κ2) is 6.68. The number of nitrogens with two attached hydrogens (primary N) is 1. The fourth-order valence-electron chi connectivity index (χ4n) is 1.78. The van der Waals surface area contributed by atoms with Crippen molar-refractivity contribution in [1.29, 1.82) is 0 Å². The molecule has 0 saturated carbocycles.